The van der Waals surface area contributed by atoms with Gasteiger partial charge in [-0.05, 0) is 24.3 Å². The van der Waals surface area contributed by atoms with Crippen LogP contribution in [0.2, 0.25) is 5.02 Å². The van der Waals surface area contributed by atoms with Crippen LogP contribution in [0.1, 0.15) is 5.56 Å². The molecule has 1 aromatic heterocycles. The minimum atomic E-state index is -0.708. The highest BCUT2D eigenvalue weighted by atomic mass is 35.5. The third-order valence-electron chi connectivity index (χ3n) is 2.28. The van der Waals surface area contributed by atoms with Gasteiger partial charge in [0.05, 0.1) is 10.6 Å². The Kier molecular flexibility index (Phi) is 3.82. The van der Waals surface area contributed by atoms with Crippen LogP contribution < -0.4 is 10.5 Å². The van der Waals surface area contributed by atoms with Gasteiger partial charge in [-0.1, -0.05) is 22.8 Å². The summed E-state index contributed by atoms with van der Waals surface area (Å²) in [5, 5.41) is 11.4. The zero-order valence-corrected chi connectivity index (χ0v) is 10.3. The van der Waals surface area contributed by atoms with Crippen LogP contribution in [0.25, 0.3) is 0 Å². The first kappa shape index (κ1) is 13.1. The molecule has 0 saturated carbocycles. The molecular formula is C12H9ClFN3O2. The van der Waals surface area contributed by atoms with Gasteiger partial charge in [0, 0.05) is 6.20 Å². The number of aromatic nitrogens is 1. The van der Waals surface area contributed by atoms with Gasteiger partial charge in [0.25, 0.3) is 0 Å². The van der Waals surface area contributed by atoms with Crippen LogP contribution in [0.15, 0.2) is 41.7 Å². The second kappa shape index (κ2) is 5.53. The van der Waals surface area contributed by atoms with Crippen LogP contribution in [0.5, 0.6) is 11.6 Å². The van der Waals surface area contributed by atoms with E-state index in [1.807, 2.05) is 0 Å². The van der Waals surface area contributed by atoms with Gasteiger partial charge >= 0.3 is 0 Å². The topological polar surface area (TPSA) is 80.7 Å². The third kappa shape index (κ3) is 2.74. The smallest absolute Gasteiger partial charge is 0.230 e. The Balaban J connectivity index is 2.42. The van der Waals surface area contributed by atoms with Gasteiger partial charge in [-0.3, -0.25) is 0 Å². The van der Waals surface area contributed by atoms with Crippen molar-refractivity contribution in [2.75, 3.05) is 0 Å². The normalized spacial score (nSPS) is 11.4. The highest BCUT2D eigenvalue weighted by Crippen LogP contribution is 2.29. The standard InChI is InChI=1S/C12H9ClFN3O2/c13-8-4-1-5-9(10(8)14)19-12-7(11(15)17-18)3-2-6-16-12/h1-6,18H,(H2,15,17). The lowest BCUT2D eigenvalue weighted by atomic mass is 10.2. The van der Waals surface area contributed by atoms with E-state index in [1.165, 1.54) is 30.5 Å². The van der Waals surface area contributed by atoms with E-state index in [1.54, 1.807) is 6.07 Å². The maximum Gasteiger partial charge on any atom is 0.230 e. The van der Waals surface area contributed by atoms with Crippen molar-refractivity contribution in [1.82, 2.24) is 4.98 Å². The highest BCUT2D eigenvalue weighted by molar-refractivity contribution is 6.30. The Morgan fingerprint density at radius 2 is 2.16 bits per heavy atom. The van der Waals surface area contributed by atoms with Crippen molar-refractivity contribution >= 4 is 17.4 Å². The summed E-state index contributed by atoms with van der Waals surface area (Å²) in [4.78, 5) is 3.91. The van der Waals surface area contributed by atoms with E-state index in [2.05, 4.69) is 10.1 Å². The molecule has 1 aromatic carbocycles. The Morgan fingerprint density at radius 1 is 1.37 bits per heavy atom. The quantitative estimate of drug-likeness (QED) is 0.392. The number of oxime groups is 1. The first-order valence-corrected chi connectivity index (χ1v) is 5.56. The second-order valence-electron chi connectivity index (χ2n) is 3.50. The van der Waals surface area contributed by atoms with Crippen LogP contribution in [-0.4, -0.2) is 16.0 Å². The summed E-state index contributed by atoms with van der Waals surface area (Å²) in [6, 6.07) is 7.43. The fraction of sp³-hybridized carbons (Fsp3) is 0. The van der Waals surface area contributed by atoms with Gasteiger partial charge in [0.2, 0.25) is 5.88 Å². The van der Waals surface area contributed by atoms with Gasteiger partial charge in [-0.2, -0.15) is 0 Å². The minimum Gasteiger partial charge on any atom is -0.435 e. The molecule has 1 heterocycles. The zero-order valence-electron chi connectivity index (χ0n) is 9.55. The van der Waals surface area contributed by atoms with Crippen molar-refractivity contribution < 1.29 is 14.3 Å². The van der Waals surface area contributed by atoms with Crippen molar-refractivity contribution in [3.8, 4) is 11.6 Å². The summed E-state index contributed by atoms with van der Waals surface area (Å²) in [7, 11) is 0. The zero-order chi connectivity index (χ0) is 13.8. The SMILES string of the molecule is N/C(=N/O)c1cccnc1Oc1cccc(Cl)c1F. The summed E-state index contributed by atoms with van der Waals surface area (Å²) in [5.41, 5.74) is 5.72. The number of amidine groups is 1. The van der Waals surface area contributed by atoms with Gasteiger partial charge in [-0.25, -0.2) is 9.37 Å². The molecule has 0 aliphatic heterocycles. The Labute approximate surface area is 113 Å². The molecule has 2 rings (SSSR count). The first-order chi connectivity index (χ1) is 9.13. The molecule has 0 unspecified atom stereocenters. The lowest BCUT2D eigenvalue weighted by Gasteiger charge is -2.09. The molecular weight excluding hydrogens is 273 g/mol. The fourth-order valence-corrected chi connectivity index (χ4v) is 1.55. The van der Waals surface area contributed by atoms with Crippen molar-refractivity contribution in [3.05, 3.63) is 52.9 Å². The van der Waals surface area contributed by atoms with E-state index < -0.39 is 5.82 Å². The van der Waals surface area contributed by atoms with Crippen molar-refractivity contribution in [3.63, 3.8) is 0 Å². The lowest BCUT2D eigenvalue weighted by molar-refractivity contribution is 0.318. The van der Waals surface area contributed by atoms with E-state index in [0.29, 0.717) is 0 Å². The van der Waals surface area contributed by atoms with E-state index in [9.17, 15) is 4.39 Å². The molecule has 2 aromatic rings. The number of hydrogen-bond donors (Lipinski definition) is 2. The van der Waals surface area contributed by atoms with Crippen LogP contribution in [0, 0.1) is 5.82 Å². The van der Waals surface area contributed by atoms with Crippen LogP contribution in [-0.2, 0) is 0 Å². The molecule has 0 aliphatic rings. The molecule has 0 spiro atoms. The second-order valence-corrected chi connectivity index (χ2v) is 3.90. The molecule has 0 atom stereocenters. The number of benzene rings is 1. The Hall–Kier alpha value is -2.34. The Bertz CT molecular complexity index is 634. The lowest BCUT2D eigenvalue weighted by Crippen LogP contribution is -2.14. The largest absolute Gasteiger partial charge is 0.435 e. The predicted octanol–water partition coefficient (Wildman–Crippen LogP) is 2.76. The number of halogens is 2. The molecule has 5 nitrogen and oxygen atoms in total. The van der Waals surface area contributed by atoms with Gasteiger partial charge in [-0.15, -0.1) is 0 Å². The number of hydrogen-bond acceptors (Lipinski definition) is 4. The molecule has 3 N–H and O–H groups in total. The fourth-order valence-electron chi connectivity index (χ4n) is 1.39. The first-order valence-electron chi connectivity index (χ1n) is 5.18. The number of ether oxygens (including phenoxy) is 1. The summed E-state index contributed by atoms with van der Waals surface area (Å²) in [6.45, 7) is 0. The average Bonchev–Trinajstić information content (AvgIpc) is 2.43. The maximum atomic E-state index is 13.7. The van der Waals surface area contributed by atoms with Crippen LogP contribution >= 0.6 is 11.6 Å². The summed E-state index contributed by atoms with van der Waals surface area (Å²) in [6.07, 6.45) is 1.44. The molecule has 19 heavy (non-hydrogen) atoms. The van der Waals surface area contributed by atoms with E-state index in [0.717, 1.165) is 0 Å². The van der Waals surface area contributed by atoms with Crippen molar-refractivity contribution in [1.29, 1.82) is 0 Å². The molecule has 98 valence electrons. The summed E-state index contributed by atoms with van der Waals surface area (Å²) >= 11 is 5.65. The molecule has 0 aliphatic carbocycles. The monoisotopic (exact) mass is 281 g/mol. The van der Waals surface area contributed by atoms with E-state index in [4.69, 9.17) is 27.3 Å². The maximum absolute atomic E-state index is 13.7. The minimum absolute atomic E-state index is 0.0129. The van der Waals surface area contributed by atoms with E-state index >= 15 is 0 Å². The summed E-state index contributed by atoms with van der Waals surface area (Å²) in [5.74, 6) is -0.983. The molecule has 0 saturated heterocycles. The highest BCUT2D eigenvalue weighted by Gasteiger charge is 2.14. The number of nitrogens with zero attached hydrogens (tertiary/aromatic N) is 2. The molecule has 0 bridgehead atoms. The molecule has 7 heteroatoms. The molecule has 0 fully saturated rings. The predicted molar refractivity (Wildman–Crippen MR) is 68.2 cm³/mol. The van der Waals surface area contributed by atoms with Crippen molar-refractivity contribution in [2.45, 2.75) is 0 Å². The number of rotatable bonds is 3. The van der Waals surface area contributed by atoms with Crippen molar-refractivity contribution in [2.24, 2.45) is 10.9 Å². The summed E-state index contributed by atoms with van der Waals surface area (Å²) < 4.78 is 19.0. The molecule has 0 radical (unpaired) electrons. The number of pyridine rings is 1. The molecule has 0 amide bonds. The van der Waals surface area contributed by atoms with Crippen LogP contribution in [0.4, 0.5) is 4.39 Å². The van der Waals surface area contributed by atoms with Gasteiger partial charge in [0.15, 0.2) is 17.4 Å². The van der Waals surface area contributed by atoms with Crippen LogP contribution in [0.3, 0.4) is 0 Å². The average molecular weight is 282 g/mol. The van der Waals surface area contributed by atoms with E-state index in [-0.39, 0.29) is 28.1 Å². The third-order valence-corrected chi connectivity index (χ3v) is 2.57. The number of nitrogens with two attached hydrogens (primary N) is 1. The van der Waals surface area contributed by atoms with Gasteiger partial charge < -0.3 is 15.7 Å². The van der Waals surface area contributed by atoms with Gasteiger partial charge in [0.1, 0.15) is 0 Å². The Morgan fingerprint density at radius 3 is 2.89 bits per heavy atom.